The van der Waals surface area contributed by atoms with Crippen molar-refractivity contribution < 1.29 is 14.3 Å². The minimum Gasteiger partial charge on any atom is -0.490 e. The molecule has 23 heavy (non-hydrogen) atoms. The van der Waals surface area contributed by atoms with Crippen molar-refractivity contribution in [1.29, 1.82) is 0 Å². The number of nitrogens with zero attached hydrogens (tertiary/aromatic N) is 1. The van der Waals surface area contributed by atoms with Gasteiger partial charge in [0.2, 0.25) is 0 Å². The summed E-state index contributed by atoms with van der Waals surface area (Å²) in [5.74, 6) is 0.999. The van der Waals surface area contributed by atoms with Crippen LogP contribution in [0.15, 0.2) is 18.2 Å². The highest BCUT2D eigenvalue weighted by Crippen LogP contribution is 2.37. The third-order valence-corrected chi connectivity index (χ3v) is 4.18. The van der Waals surface area contributed by atoms with Crippen molar-refractivity contribution in [2.45, 2.75) is 58.3 Å². The minimum absolute atomic E-state index is 0.125. The number of fused-ring (bicyclic) bond motifs is 1. The molecule has 0 spiro atoms. The van der Waals surface area contributed by atoms with Crippen molar-refractivity contribution in [2.75, 3.05) is 18.0 Å². The first-order chi connectivity index (χ1) is 10.8. The predicted molar refractivity (Wildman–Crippen MR) is 90.2 cm³/mol. The van der Waals surface area contributed by atoms with Crippen LogP contribution >= 0.6 is 0 Å². The van der Waals surface area contributed by atoms with Crippen LogP contribution in [0.5, 0.6) is 5.75 Å². The maximum atomic E-state index is 11.9. The van der Waals surface area contributed by atoms with E-state index in [9.17, 15) is 4.79 Å². The average Bonchev–Trinajstić information content (AvgIpc) is 3.01. The van der Waals surface area contributed by atoms with Crippen LogP contribution in [0, 0.1) is 0 Å². The minimum atomic E-state index is -0.462. The summed E-state index contributed by atoms with van der Waals surface area (Å²) < 4.78 is 11.2. The van der Waals surface area contributed by atoms with Crippen LogP contribution in [0.25, 0.3) is 0 Å². The molecule has 3 rings (SSSR count). The van der Waals surface area contributed by atoms with Crippen LogP contribution in [-0.2, 0) is 11.2 Å². The normalized spacial score (nSPS) is 23.4. The standard InChI is InChI=1S/C18H26N2O3/c1-12-10-14-15(6-5-7-16(14)22-12)20-9-8-13(11-20)19-17(21)23-18(2,3)4/h5-7,12-13H,8-11H2,1-4H3,(H,19,21)/t12?,13-/m0/s1. The molecule has 126 valence electrons. The molecule has 0 bridgehead atoms. The topological polar surface area (TPSA) is 50.8 Å². The second kappa shape index (κ2) is 5.95. The van der Waals surface area contributed by atoms with Gasteiger partial charge in [0.1, 0.15) is 17.5 Å². The Morgan fingerprint density at radius 3 is 2.91 bits per heavy atom. The fourth-order valence-electron chi connectivity index (χ4n) is 3.28. The Balaban J connectivity index is 1.63. The van der Waals surface area contributed by atoms with Gasteiger partial charge in [0.05, 0.1) is 6.04 Å². The lowest BCUT2D eigenvalue weighted by Crippen LogP contribution is -2.40. The number of carbonyl (C=O) groups is 1. The molecule has 1 fully saturated rings. The summed E-state index contributed by atoms with van der Waals surface area (Å²) in [7, 11) is 0. The second-order valence-electron chi connectivity index (χ2n) is 7.46. The number of hydrogen-bond donors (Lipinski definition) is 1. The SMILES string of the molecule is CC1Cc2c(cccc2N2CC[C@H](NC(=O)OC(C)(C)C)C2)O1. The summed E-state index contributed by atoms with van der Waals surface area (Å²) in [6.07, 6.45) is 1.79. The molecule has 5 nitrogen and oxygen atoms in total. The third kappa shape index (κ3) is 3.71. The lowest BCUT2D eigenvalue weighted by molar-refractivity contribution is 0.0509. The van der Waals surface area contributed by atoms with E-state index in [4.69, 9.17) is 9.47 Å². The molecule has 0 aliphatic carbocycles. The summed E-state index contributed by atoms with van der Waals surface area (Å²) in [5, 5.41) is 2.98. The van der Waals surface area contributed by atoms with Crippen molar-refractivity contribution in [3.63, 3.8) is 0 Å². The lowest BCUT2D eigenvalue weighted by Gasteiger charge is -2.23. The van der Waals surface area contributed by atoms with Gasteiger partial charge >= 0.3 is 6.09 Å². The van der Waals surface area contributed by atoms with Gasteiger partial charge in [-0.1, -0.05) is 6.07 Å². The number of carbonyl (C=O) groups excluding carboxylic acids is 1. The van der Waals surface area contributed by atoms with Crippen LogP contribution in [0.4, 0.5) is 10.5 Å². The van der Waals surface area contributed by atoms with Crippen molar-refractivity contribution in [1.82, 2.24) is 5.32 Å². The number of rotatable bonds is 2. The van der Waals surface area contributed by atoms with Gasteiger partial charge in [-0.15, -0.1) is 0 Å². The van der Waals surface area contributed by atoms with Crippen molar-refractivity contribution in [2.24, 2.45) is 0 Å². The average molecular weight is 318 g/mol. The quantitative estimate of drug-likeness (QED) is 0.910. The van der Waals surface area contributed by atoms with Crippen molar-refractivity contribution in [3.8, 4) is 5.75 Å². The van der Waals surface area contributed by atoms with Crippen LogP contribution in [-0.4, -0.2) is 36.9 Å². The molecule has 1 N–H and O–H groups in total. The zero-order valence-electron chi connectivity index (χ0n) is 14.4. The molecule has 1 saturated heterocycles. The number of nitrogens with one attached hydrogen (secondary N) is 1. The van der Waals surface area contributed by atoms with Gasteiger partial charge in [0, 0.05) is 30.8 Å². The second-order valence-corrected chi connectivity index (χ2v) is 7.46. The number of alkyl carbamates (subject to hydrolysis) is 1. The zero-order valence-corrected chi connectivity index (χ0v) is 14.4. The Morgan fingerprint density at radius 2 is 2.17 bits per heavy atom. The molecular weight excluding hydrogens is 292 g/mol. The summed E-state index contributed by atoms with van der Waals surface area (Å²) >= 11 is 0. The Bertz CT molecular complexity index is 594. The van der Waals surface area contributed by atoms with Gasteiger partial charge in [0.15, 0.2) is 0 Å². The molecule has 0 aromatic heterocycles. The van der Waals surface area contributed by atoms with E-state index in [1.807, 2.05) is 32.9 Å². The Labute approximate surface area is 137 Å². The van der Waals surface area contributed by atoms with Crippen LogP contribution < -0.4 is 15.0 Å². The lowest BCUT2D eigenvalue weighted by atomic mass is 10.1. The van der Waals surface area contributed by atoms with Gasteiger partial charge in [-0.3, -0.25) is 0 Å². The van der Waals surface area contributed by atoms with Gasteiger partial charge in [-0.05, 0) is 46.2 Å². The highest BCUT2D eigenvalue weighted by molar-refractivity contribution is 5.69. The summed E-state index contributed by atoms with van der Waals surface area (Å²) in [6.45, 7) is 9.47. The summed E-state index contributed by atoms with van der Waals surface area (Å²) in [5.41, 5.74) is 2.06. The molecule has 2 aliphatic rings. The highest BCUT2D eigenvalue weighted by Gasteiger charge is 2.30. The first kappa shape index (κ1) is 16.0. The number of anilines is 1. The molecule has 1 amide bonds. The van der Waals surface area contributed by atoms with E-state index >= 15 is 0 Å². The molecule has 1 unspecified atom stereocenters. The fourth-order valence-corrected chi connectivity index (χ4v) is 3.28. The fraction of sp³-hybridized carbons (Fsp3) is 0.611. The third-order valence-electron chi connectivity index (χ3n) is 4.18. The van der Waals surface area contributed by atoms with E-state index in [0.29, 0.717) is 0 Å². The molecule has 0 radical (unpaired) electrons. The van der Waals surface area contributed by atoms with Gasteiger partial charge in [0.25, 0.3) is 0 Å². The van der Waals surface area contributed by atoms with Crippen LogP contribution in [0.2, 0.25) is 0 Å². The maximum absolute atomic E-state index is 11.9. The van der Waals surface area contributed by atoms with Crippen molar-refractivity contribution in [3.05, 3.63) is 23.8 Å². The Kier molecular flexibility index (Phi) is 4.13. The largest absolute Gasteiger partial charge is 0.490 e. The van der Waals surface area contributed by atoms with Crippen molar-refractivity contribution >= 4 is 11.8 Å². The first-order valence-electron chi connectivity index (χ1n) is 8.35. The maximum Gasteiger partial charge on any atom is 0.407 e. The van der Waals surface area contributed by atoms with Gasteiger partial charge in [-0.25, -0.2) is 4.79 Å². The smallest absolute Gasteiger partial charge is 0.407 e. The molecule has 2 atom stereocenters. The molecule has 5 heteroatoms. The van der Waals surface area contributed by atoms with E-state index in [2.05, 4.69) is 23.2 Å². The van der Waals surface area contributed by atoms with E-state index in [-0.39, 0.29) is 18.2 Å². The predicted octanol–water partition coefficient (Wildman–Crippen LogP) is 3.11. The van der Waals surface area contributed by atoms with Crippen LogP contribution in [0.1, 0.15) is 39.7 Å². The molecule has 1 aromatic carbocycles. The van der Waals surface area contributed by atoms with E-state index in [1.165, 1.54) is 11.3 Å². The van der Waals surface area contributed by atoms with Gasteiger partial charge < -0.3 is 19.7 Å². The Morgan fingerprint density at radius 1 is 1.39 bits per heavy atom. The molecule has 0 saturated carbocycles. The van der Waals surface area contributed by atoms with E-state index < -0.39 is 5.60 Å². The van der Waals surface area contributed by atoms with E-state index in [0.717, 1.165) is 31.7 Å². The number of amides is 1. The Hall–Kier alpha value is -1.91. The molecule has 1 aromatic rings. The van der Waals surface area contributed by atoms with Crippen LogP contribution in [0.3, 0.4) is 0 Å². The van der Waals surface area contributed by atoms with E-state index in [1.54, 1.807) is 0 Å². The zero-order chi connectivity index (χ0) is 16.6. The molecule has 2 aliphatic heterocycles. The summed E-state index contributed by atoms with van der Waals surface area (Å²) in [6, 6.07) is 6.35. The van der Waals surface area contributed by atoms with Gasteiger partial charge in [-0.2, -0.15) is 0 Å². The molecule has 2 heterocycles. The number of benzene rings is 1. The highest BCUT2D eigenvalue weighted by atomic mass is 16.6. The summed E-state index contributed by atoms with van der Waals surface area (Å²) in [4.78, 5) is 14.3. The monoisotopic (exact) mass is 318 g/mol. The first-order valence-corrected chi connectivity index (χ1v) is 8.35. The number of hydrogen-bond acceptors (Lipinski definition) is 4. The number of ether oxygens (including phenoxy) is 2. The molecular formula is C18H26N2O3.